The number of H-pyrrole nitrogens is 2. The molecule has 77 heavy (non-hydrogen) atoms. The lowest BCUT2D eigenvalue weighted by molar-refractivity contribution is -0.301. The zero-order valence-electron chi connectivity index (χ0n) is 42.6. The van der Waals surface area contributed by atoms with Crippen molar-refractivity contribution in [1.29, 1.82) is 0 Å². The number of likely N-dealkylation sites (tertiary alicyclic amines) is 1. The first-order valence-corrected chi connectivity index (χ1v) is 26.1. The number of aromatic nitrogens is 3. The van der Waals surface area contributed by atoms with Gasteiger partial charge in [-0.2, -0.15) is 11.8 Å². The number of aromatic amines is 2. The molecule has 2 fully saturated rings. The minimum Gasteiger partial charge on any atom is -0.394 e. The van der Waals surface area contributed by atoms with Gasteiger partial charge in [-0.05, 0) is 69.6 Å². The number of aliphatic hydroxyl groups is 4. The van der Waals surface area contributed by atoms with Crippen molar-refractivity contribution >= 4 is 82.1 Å². The highest BCUT2D eigenvalue weighted by Gasteiger charge is 2.45. The largest absolute Gasteiger partial charge is 0.394 e. The van der Waals surface area contributed by atoms with Crippen molar-refractivity contribution in [2.75, 3.05) is 31.7 Å². The summed E-state index contributed by atoms with van der Waals surface area (Å²) in [5.74, 6) is -6.03. The Hall–Kier alpha value is -7.38. The first-order valence-electron chi connectivity index (χ1n) is 24.7. The number of hydrogen-bond donors (Lipinski definition) is 15. The molecule has 1 aromatic carbocycles. The Morgan fingerprint density at radius 3 is 2.23 bits per heavy atom. The van der Waals surface area contributed by atoms with Gasteiger partial charge in [0, 0.05) is 54.9 Å². The Kier molecular flexibility index (Phi) is 23.0. The van der Waals surface area contributed by atoms with Crippen molar-refractivity contribution in [2.45, 2.75) is 132 Å². The summed E-state index contributed by atoms with van der Waals surface area (Å²) >= 11 is 1.39. The van der Waals surface area contributed by atoms with Gasteiger partial charge in [0.25, 0.3) is 12.2 Å². The number of para-hydroxylation sites is 1. The average molecular weight is 1100 g/mol. The van der Waals surface area contributed by atoms with Gasteiger partial charge in [-0.1, -0.05) is 23.4 Å². The van der Waals surface area contributed by atoms with E-state index in [4.69, 9.17) is 26.8 Å². The number of benzene rings is 1. The van der Waals surface area contributed by atoms with Gasteiger partial charge in [0.15, 0.2) is 5.96 Å². The molecule has 8 amide bonds. The molecular formula is C47H69N15O14S. The quantitative estimate of drug-likeness (QED) is 0.0140. The zero-order valence-corrected chi connectivity index (χ0v) is 43.4. The van der Waals surface area contributed by atoms with Crippen LogP contribution in [0.4, 0.5) is 0 Å². The fourth-order valence-electron chi connectivity index (χ4n) is 8.43. The standard InChI is InChI=1S/C47H69N15O14S/c1-23(39(48)68)56-42(71)32(17-26-19-51-22-54-26)61-41(70)29(10-6-13-52-47(49)50)59-43(72)31(16-25-18-53-28-9-5-4-8-27(25)28)60-40(69)24(2)57-44(73)33-11-7-14-62(33)45(74)30(12-15-77-3)58-35(64)20-55-76-46-38(67)37(66)36(65)34(21-63)75-46/h4-5,8-9,18-20,22-24,29-34,36-38,46,53,63,65-67H,6-7,10-17,21H2,1-3H3,(H2,48,68)(H,51,54)(H,56,71)(H,57,73)(H,58,64)(H,59,72)(H,60,69)(H,61,70)(H4,49,50,52)/b55-20+/t23-,24-,29-,30-,31-,32-,33-,34+,36+,37-,38-,46+/m0/s1. The average Bonchev–Trinajstić information content (AvgIpc) is 4.20. The summed E-state index contributed by atoms with van der Waals surface area (Å²) in [5.41, 5.74) is 18.2. The minimum atomic E-state index is -1.79. The molecule has 2 aromatic heterocycles. The van der Waals surface area contributed by atoms with Crippen molar-refractivity contribution in [3.05, 3.63) is 54.2 Å². The van der Waals surface area contributed by atoms with E-state index >= 15 is 0 Å². The van der Waals surface area contributed by atoms with E-state index in [9.17, 15) is 58.8 Å². The Bertz CT molecular complexity index is 2560. The number of thioether (sulfide) groups is 1. The summed E-state index contributed by atoms with van der Waals surface area (Å²) in [5, 5.41) is 59.6. The number of imidazole rings is 1. The number of carbonyl (C=O) groups is 8. The summed E-state index contributed by atoms with van der Waals surface area (Å²) in [7, 11) is 0. The fraction of sp³-hybridized carbons (Fsp3) is 0.553. The summed E-state index contributed by atoms with van der Waals surface area (Å²) in [6, 6.07) is -1.44. The van der Waals surface area contributed by atoms with Crippen molar-refractivity contribution in [3.63, 3.8) is 0 Å². The third-order valence-electron chi connectivity index (χ3n) is 12.7. The van der Waals surface area contributed by atoms with Crippen molar-refractivity contribution in [2.24, 2.45) is 27.3 Å². The van der Waals surface area contributed by atoms with Crippen molar-refractivity contribution in [3.8, 4) is 0 Å². The number of primary amides is 1. The number of nitrogens with two attached hydrogens (primary N) is 3. The predicted octanol–water partition coefficient (Wildman–Crippen LogP) is -5.29. The molecule has 29 nitrogen and oxygen atoms in total. The summed E-state index contributed by atoms with van der Waals surface area (Å²) in [4.78, 5) is 129. The first kappa shape index (κ1) is 60.5. The molecule has 0 saturated carbocycles. The minimum absolute atomic E-state index is 0.0570. The lowest BCUT2D eigenvalue weighted by atomic mass is 9.99. The number of hydrogen-bond acceptors (Lipinski definition) is 18. The van der Waals surface area contributed by atoms with E-state index in [1.807, 2.05) is 18.2 Å². The number of ether oxygens (including phenoxy) is 1. The summed E-state index contributed by atoms with van der Waals surface area (Å²) in [6.45, 7) is 2.22. The van der Waals surface area contributed by atoms with Crippen LogP contribution >= 0.6 is 11.8 Å². The molecular weight excluding hydrogens is 1030 g/mol. The number of rotatable bonds is 28. The third-order valence-corrected chi connectivity index (χ3v) is 13.4. The Balaban J connectivity index is 1.30. The van der Waals surface area contributed by atoms with E-state index in [1.54, 1.807) is 18.5 Å². The number of amides is 8. The van der Waals surface area contributed by atoms with Gasteiger partial charge in [0.1, 0.15) is 72.9 Å². The second-order valence-corrected chi connectivity index (χ2v) is 19.4. The number of aliphatic imine (C=N–C) groups is 1. The fourth-order valence-corrected chi connectivity index (χ4v) is 8.90. The zero-order chi connectivity index (χ0) is 56.3. The predicted molar refractivity (Wildman–Crippen MR) is 277 cm³/mol. The van der Waals surface area contributed by atoms with Gasteiger partial charge in [-0.3, -0.25) is 43.3 Å². The molecule has 5 rings (SSSR count). The molecule has 3 aromatic rings. The Labute approximate surface area is 446 Å². The van der Waals surface area contributed by atoms with Crippen LogP contribution in [0.2, 0.25) is 0 Å². The van der Waals surface area contributed by atoms with Gasteiger partial charge < -0.3 is 94.0 Å². The van der Waals surface area contributed by atoms with Crippen LogP contribution in [0.3, 0.4) is 0 Å². The maximum absolute atomic E-state index is 14.5. The van der Waals surface area contributed by atoms with Crippen molar-refractivity contribution in [1.82, 2.24) is 51.8 Å². The van der Waals surface area contributed by atoms with Crippen LogP contribution in [-0.4, -0.2) is 204 Å². The molecule has 422 valence electrons. The maximum atomic E-state index is 14.5. The highest BCUT2D eigenvalue weighted by molar-refractivity contribution is 7.98. The second kappa shape index (κ2) is 29.2. The highest BCUT2D eigenvalue weighted by atomic mass is 32.2. The van der Waals surface area contributed by atoms with Crippen LogP contribution in [0.15, 0.2) is 53.1 Å². The second-order valence-electron chi connectivity index (χ2n) is 18.4. The molecule has 18 N–H and O–H groups in total. The van der Waals surface area contributed by atoms with Crippen molar-refractivity contribution < 1.29 is 68.4 Å². The number of aliphatic hydroxyl groups excluding tert-OH is 4. The number of oxime groups is 1. The normalized spacial score (nSPS) is 21.6. The first-order chi connectivity index (χ1) is 36.7. The number of nitrogens with zero attached hydrogens (tertiary/aromatic N) is 4. The molecule has 2 aliphatic rings. The van der Waals surface area contributed by atoms with Gasteiger partial charge in [-0.25, -0.2) is 4.98 Å². The van der Waals surface area contributed by atoms with Crippen LogP contribution < -0.4 is 49.1 Å². The number of fused-ring (bicyclic) bond motifs is 1. The summed E-state index contributed by atoms with van der Waals surface area (Å²) in [6.07, 6.45) is -0.596. The lowest BCUT2D eigenvalue weighted by Crippen LogP contribution is -2.60. The van der Waals surface area contributed by atoms with Crippen LogP contribution in [0, 0.1) is 0 Å². The molecule has 2 aliphatic heterocycles. The van der Waals surface area contributed by atoms with E-state index in [1.165, 1.54) is 43.0 Å². The molecule has 0 unspecified atom stereocenters. The van der Waals surface area contributed by atoms with E-state index in [0.717, 1.165) is 10.9 Å². The van der Waals surface area contributed by atoms with Crippen LogP contribution in [0.1, 0.15) is 57.2 Å². The Morgan fingerprint density at radius 2 is 1.55 bits per heavy atom. The van der Waals surface area contributed by atoms with Crippen LogP contribution in [0.25, 0.3) is 10.9 Å². The SMILES string of the molecule is CSCC[C@H](NC(=O)/C=N/O[C@H]1O[C@H](CO)[C@@H](O)[C@H](O)[C@@H]1O)C(=O)N1CCC[C@H]1C(=O)N[C@@H](C)C(=O)N[C@@H](Cc1c[nH]c2ccccc12)C(=O)N[C@@H](CCCN=C(N)N)C(=O)N[C@@H](Cc1cnc[nH]1)C(=O)N[C@@H](C)C(N)=O. The van der Waals surface area contributed by atoms with E-state index < -0.39 is 127 Å². The molecule has 2 saturated heterocycles. The molecule has 0 bridgehead atoms. The van der Waals surface area contributed by atoms with E-state index in [2.05, 4.69) is 57.0 Å². The van der Waals surface area contributed by atoms with Crippen LogP contribution in [0.5, 0.6) is 0 Å². The van der Waals surface area contributed by atoms with Gasteiger partial charge in [0.05, 0.1) is 12.9 Å². The molecule has 0 spiro atoms. The summed E-state index contributed by atoms with van der Waals surface area (Å²) < 4.78 is 5.21. The number of carbonyl (C=O) groups excluding carboxylic acids is 8. The maximum Gasteiger partial charge on any atom is 0.266 e. The van der Waals surface area contributed by atoms with Crippen LogP contribution in [-0.2, 0) is 60.8 Å². The molecule has 12 atom stereocenters. The highest BCUT2D eigenvalue weighted by Crippen LogP contribution is 2.24. The third kappa shape index (κ3) is 17.3. The monoisotopic (exact) mass is 1100 g/mol. The molecule has 30 heteroatoms. The number of nitrogens with one attached hydrogen (secondary N) is 8. The van der Waals surface area contributed by atoms with Gasteiger partial charge >= 0.3 is 0 Å². The van der Waals surface area contributed by atoms with E-state index in [0.29, 0.717) is 29.6 Å². The topological polar surface area (TPSA) is 459 Å². The molecule has 0 radical (unpaired) electrons. The molecule has 4 heterocycles. The number of guanidine groups is 1. The Morgan fingerprint density at radius 1 is 0.857 bits per heavy atom. The molecule has 0 aliphatic carbocycles. The van der Waals surface area contributed by atoms with Gasteiger partial charge in [-0.15, -0.1) is 0 Å². The van der Waals surface area contributed by atoms with E-state index in [-0.39, 0.29) is 57.6 Å². The lowest BCUT2D eigenvalue weighted by Gasteiger charge is -2.38. The smallest absolute Gasteiger partial charge is 0.266 e. The van der Waals surface area contributed by atoms with Gasteiger partial charge in [0.2, 0.25) is 41.4 Å².